The van der Waals surface area contributed by atoms with Crippen molar-refractivity contribution in [3.8, 4) is 12.3 Å². The summed E-state index contributed by atoms with van der Waals surface area (Å²) in [5, 5.41) is 0. The molecule has 0 spiro atoms. The zero-order chi connectivity index (χ0) is 6.69. The standard InChI is InChI=1S/C9H7/c1-3-9-7-5-4-6-8(9)2/h1,4-7H,2H2. The van der Waals surface area contributed by atoms with Crippen molar-refractivity contribution in [1.29, 1.82) is 0 Å². The van der Waals surface area contributed by atoms with E-state index in [4.69, 9.17) is 6.42 Å². The predicted molar refractivity (Wildman–Crippen MR) is 38.8 cm³/mol. The number of hydrogen-bond acceptors (Lipinski definition) is 0. The topological polar surface area (TPSA) is 0 Å². The van der Waals surface area contributed by atoms with Gasteiger partial charge in [0.25, 0.3) is 0 Å². The molecular weight excluding hydrogens is 108 g/mol. The molecule has 0 aromatic heterocycles. The first kappa shape index (κ1) is 5.91. The molecule has 43 valence electrons. The normalized spacial score (nSPS) is 8.44. The fraction of sp³-hybridized carbons (Fsp3) is 0. The minimum Gasteiger partial charge on any atom is -0.115 e. The summed E-state index contributed by atoms with van der Waals surface area (Å²) in [6.45, 7) is 3.75. The largest absolute Gasteiger partial charge is 0.115 e. The van der Waals surface area contributed by atoms with E-state index in [9.17, 15) is 0 Å². The van der Waals surface area contributed by atoms with Gasteiger partial charge >= 0.3 is 0 Å². The summed E-state index contributed by atoms with van der Waals surface area (Å²) in [7, 11) is 0. The Kier molecular flexibility index (Phi) is 1.55. The van der Waals surface area contributed by atoms with Gasteiger partial charge in [-0.15, -0.1) is 6.42 Å². The highest BCUT2D eigenvalue weighted by Crippen LogP contribution is 2.03. The molecule has 0 heterocycles. The van der Waals surface area contributed by atoms with Crippen LogP contribution in [0.3, 0.4) is 0 Å². The van der Waals surface area contributed by atoms with Crippen LogP contribution < -0.4 is 0 Å². The molecule has 0 amide bonds. The van der Waals surface area contributed by atoms with Gasteiger partial charge in [-0.2, -0.15) is 0 Å². The average Bonchev–Trinajstić information content (AvgIpc) is 1.89. The fourth-order valence-electron chi connectivity index (χ4n) is 0.661. The van der Waals surface area contributed by atoms with E-state index < -0.39 is 0 Å². The van der Waals surface area contributed by atoms with Crippen LogP contribution in [0.15, 0.2) is 24.3 Å². The molecule has 1 radical (unpaired) electrons. The van der Waals surface area contributed by atoms with E-state index in [1.807, 2.05) is 24.3 Å². The second-order valence-electron chi connectivity index (χ2n) is 1.80. The summed E-state index contributed by atoms with van der Waals surface area (Å²) in [6.07, 6.45) is 5.16. The Labute approximate surface area is 55.5 Å². The highest BCUT2D eigenvalue weighted by atomic mass is 13.9. The number of terminal acetylenes is 1. The third-order valence-electron chi connectivity index (χ3n) is 1.17. The van der Waals surface area contributed by atoms with Gasteiger partial charge in [0.1, 0.15) is 0 Å². The lowest BCUT2D eigenvalue weighted by Crippen LogP contribution is -1.77. The molecule has 1 aromatic carbocycles. The summed E-state index contributed by atoms with van der Waals surface area (Å²) in [4.78, 5) is 0. The van der Waals surface area contributed by atoms with Gasteiger partial charge in [0.2, 0.25) is 0 Å². The van der Waals surface area contributed by atoms with Gasteiger partial charge in [0.15, 0.2) is 0 Å². The van der Waals surface area contributed by atoms with Crippen LogP contribution in [0.4, 0.5) is 0 Å². The van der Waals surface area contributed by atoms with Crippen molar-refractivity contribution in [2.24, 2.45) is 0 Å². The van der Waals surface area contributed by atoms with Crippen LogP contribution in [0.2, 0.25) is 0 Å². The van der Waals surface area contributed by atoms with Crippen molar-refractivity contribution in [3.05, 3.63) is 42.3 Å². The minimum absolute atomic E-state index is 0.873. The Morgan fingerprint density at radius 3 is 2.44 bits per heavy atom. The van der Waals surface area contributed by atoms with Gasteiger partial charge in [-0.3, -0.25) is 0 Å². The fourth-order valence-corrected chi connectivity index (χ4v) is 0.661. The van der Waals surface area contributed by atoms with Crippen LogP contribution in [0, 0.1) is 19.3 Å². The molecule has 0 fully saturated rings. The molecule has 0 bridgehead atoms. The summed E-state index contributed by atoms with van der Waals surface area (Å²) < 4.78 is 0. The average molecular weight is 115 g/mol. The number of rotatable bonds is 0. The van der Waals surface area contributed by atoms with Crippen LogP contribution in [-0.4, -0.2) is 0 Å². The number of hydrogen-bond donors (Lipinski definition) is 0. The van der Waals surface area contributed by atoms with Crippen molar-refractivity contribution in [2.45, 2.75) is 0 Å². The molecule has 9 heavy (non-hydrogen) atoms. The van der Waals surface area contributed by atoms with Crippen molar-refractivity contribution < 1.29 is 0 Å². The molecular formula is C9H7. The molecule has 0 saturated carbocycles. The first-order valence-corrected chi connectivity index (χ1v) is 2.72. The van der Waals surface area contributed by atoms with E-state index in [0.29, 0.717) is 0 Å². The molecule has 0 saturated heterocycles. The lowest BCUT2D eigenvalue weighted by Gasteiger charge is -1.92. The molecule has 0 nitrogen and oxygen atoms in total. The molecule has 0 atom stereocenters. The van der Waals surface area contributed by atoms with Gasteiger partial charge in [-0.25, -0.2) is 0 Å². The predicted octanol–water partition coefficient (Wildman–Crippen LogP) is 1.85. The van der Waals surface area contributed by atoms with E-state index in [0.717, 1.165) is 11.1 Å². The quantitative estimate of drug-likeness (QED) is 0.453. The molecule has 0 aliphatic carbocycles. The van der Waals surface area contributed by atoms with Gasteiger partial charge < -0.3 is 0 Å². The van der Waals surface area contributed by atoms with E-state index in [1.54, 1.807) is 0 Å². The molecule has 1 aromatic rings. The summed E-state index contributed by atoms with van der Waals surface area (Å²) in [5.41, 5.74) is 1.79. The Balaban J connectivity index is 3.20. The maximum absolute atomic E-state index is 5.16. The minimum atomic E-state index is 0.873. The van der Waals surface area contributed by atoms with Crippen molar-refractivity contribution in [1.82, 2.24) is 0 Å². The summed E-state index contributed by atoms with van der Waals surface area (Å²) in [5.74, 6) is 2.53. The summed E-state index contributed by atoms with van der Waals surface area (Å²) in [6, 6.07) is 7.60. The van der Waals surface area contributed by atoms with Crippen LogP contribution in [0.5, 0.6) is 0 Å². The monoisotopic (exact) mass is 115 g/mol. The molecule has 0 N–H and O–H groups in total. The lowest BCUT2D eigenvalue weighted by atomic mass is 10.1. The van der Waals surface area contributed by atoms with E-state index in [1.165, 1.54) is 0 Å². The Morgan fingerprint density at radius 1 is 1.33 bits per heavy atom. The van der Waals surface area contributed by atoms with Gasteiger partial charge in [0, 0.05) is 5.56 Å². The second kappa shape index (κ2) is 2.37. The van der Waals surface area contributed by atoms with Crippen molar-refractivity contribution in [2.75, 3.05) is 0 Å². The first-order chi connectivity index (χ1) is 4.34. The van der Waals surface area contributed by atoms with Crippen LogP contribution in [-0.2, 0) is 0 Å². The first-order valence-electron chi connectivity index (χ1n) is 2.72. The molecule has 1 rings (SSSR count). The molecule has 0 heteroatoms. The third-order valence-corrected chi connectivity index (χ3v) is 1.17. The van der Waals surface area contributed by atoms with Crippen molar-refractivity contribution >= 4 is 0 Å². The molecule has 0 aliphatic rings. The van der Waals surface area contributed by atoms with Gasteiger partial charge in [0.05, 0.1) is 0 Å². The SMILES string of the molecule is C#Cc1ccccc1[CH2]. The van der Waals surface area contributed by atoms with E-state index in [2.05, 4.69) is 12.8 Å². The van der Waals surface area contributed by atoms with Crippen LogP contribution >= 0.6 is 0 Å². The number of benzene rings is 1. The zero-order valence-corrected chi connectivity index (χ0v) is 5.09. The summed E-state index contributed by atoms with van der Waals surface area (Å²) >= 11 is 0. The zero-order valence-electron chi connectivity index (χ0n) is 5.09. The Morgan fingerprint density at radius 2 is 2.00 bits per heavy atom. The van der Waals surface area contributed by atoms with Crippen molar-refractivity contribution in [3.63, 3.8) is 0 Å². The third kappa shape index (κ3) is 1.12. The maximum Gasteiger partial charge on any atom is 0.0274 e. The highest BCUT2D eigenvalue weighted by Gasteiger charge is 1.87. The maximum atomic E-state index is 5.16. The van der Waals surface area contributed by atoms with Gasteiger partial charge in [-0.05, 0) is 18.6 Å². The van der Waals surface area contributed by atoms with E-state index >= 15 is 0 Å². The van der Waals surface area contributed by atoms with Gasteiger partial charge in [-0.1, -0.05) is 24.1 Å². The highest BCUT2D eigenvalue weighted by molar-refractivity contribution is 5.40. The molecule has 0 aliphatic heterocycles. The Hall–Kier alpha value is -1.22. The van der Waals surface area contributed by atoms with Crippen LogP contribution in [0.25, 0.3) is 0 Å². The smallest absolute Gasteiger partial charge is 0.0274 e. The van der Waals surface area contributed by atoms with Crippen LogP contribution in [0.1, 0.15) is 11.1 Å². The second-order valence-corrected chi connectivity index (χ2v) is 1.80. The lowest BCUT2D eigenvalue weighted by molar-refractivity contribution is 1.56. The molecule has 0 unspecified atom stereocenters. The Bertz CT molecular complexity index is 240. The van der Waals surface area contributed by atoms with E-state index in [-0.39, 0.29) is 0 Å².